The van der Waals surface area contributed by atoms with Crippen molar-refractivity contribution in [3.63, 3.8) is 0 Å². The molecule has 0 aliphatic rings. The third-order valence-electron chi connectivity index (χ3n) is 2.48. The van der Waals surface area contributed by atoms with Crippen molar-refractivity contribution < 1.29 is 31.9 Å². The number of alkyl halides is 5. The van der Waals surface area contributed by atoms with E-state index in [1.807, 2.05) is 0 Å². The number of carbonyl (C=O) groups excluding carboxylic acids is 1. The molecule has 1 aromatic rings. The molecule has 0 radical (unpaired) electrons. The van der Waals surface area contributed by atoms with Gasteiger partial charge in [-0.05, 0) is 12.1 Å². The van der Waals surface area contributed by atoms with Crippen LogP contribution < -0.4 is 0 Å². The van der Waals surface area contributed by atoms with E-state index >= 15 is 0 Å². The fourth-order valence-corrected chi connectivity index (χ4v) is 1.65. The normalized spacial score (nSPS) is 11.8. The van der Waals surface area contributed by atoms with Crippen LogP contribution in [0.2, 0.25) is 0 Å². The van der Waals surface area contributed by atoms with Crippen LogP contribution in [0.15, 0.2) is 24.3 Å². The quantitative estimate of drug-likeness (QED) is 0.848. The van der Waals surface area contributed by atoms with Crippen LogP contribution in [0.4, 0.5) is 22.0 Å². The molecule has 0 aliphatic carbocycles. The summed E-state index contributed by atoms with van der Waals surface area (Å²) in [6.07, 6.45) is -7.66. The predicted molar refractivity (Wildman–Crippen MR) is 60.4 cm³/mol. The van der Waals surface area contributed by atoms with E-state index in [2.05, 4.69) is 0 Å². The van der Waals surface area contributed by atoms with Gasteiger partial charge in [0.05, 0.1) is 24.3 Å². The van der Waals surface area contributed by atoms with Gasteiger partial charge in [0, 0.05) is 6.54 Å². The molecule has 3 nitrogen and oxygen atoms in total. The molecule has 1 aromatic carbocycles. The first-order valence-electron chi connectivity index (χ1n) is 5.62. The smallest absolute Gasteiger partial charge is 0.395 e. The van der Waals surface area contributed by atoms with E-state index in [4.69, 9.17) is 5.11 Å². The van der Waals surface area contributed by atoms with Gasteiger partial charge in [-0.3, -0.25) is 4.79 Å². The molecule has 0 aromatic heterocycles. The van der Waals surface area contributed by atoms with Gasteiger partial charge in [-0.1, -0.05) is 12.1 Å². The standard InChI is InChI=1S/C12H12F5NO2/c13-10(14)7-18(5-6-19)11(20)8-3-1-2-4-9(8)12(15,16)17/h1-4,10,19H,5-7H2. The van der Waals surface area contributed by atoms with Crippen LogP contribution in [-0.4, -0.2) is 42.0 Å². The lowest BCUT2D eigenvalue weighted by molar-refractivity contribution is -0.138. The molecule has 112 valence electrons. The Kier molecular flexibility index (Phi) is 5.43. The van der Waals surface area contributed by atoms with Crippen molar-refractivity contribution in [3.8, 4) is 0 Å². The number of aliphatic hydroxyl groups excluding tert-OH is 1. The molecule has 8 heteroatoms. The second kappa shape index (κ2) is 6.65. The molecule has 20 heavy (non-hydrogen) atoms. The lowest BCUT2D eigenvalue weighted by Crippen LogP contribution is -2.38. The molecule has 0 bridgehead atoms. The Morgan fingerprint density at radius 1 is 1.25 bits per heavy atom. The van der Waals surface area contributed by atoms with Crippen molar-refractivity contribution in [1.29, 1.82) is 0 Å². The molecule has 0 fully saturated rings. The van der Waals surface area contributed by atoms with Gasteiger partial charge in [0.2, 0.25) is 0 Å². The highest BCUT2D eigenvalue weighted by Gasteiger charge is 2.36. The lowest BCUT2D eigenvalue weighted by Gasteiger charge is -2.23. The van der Waals surface area contributed by atoms with Gasteiger partial charge in [0.1, 0.15) is 0 Å². The van der Waals surface area contributed by atoms with E-state index in [0.29, 0.717) is 11.0 Å². The highest BCUT2D eigenvalue weighted by atomic mass is 19.4. The van der Waals surface area contributed by atoms with Crippen LogP contribution in [-0.2, 0) is 6.18 Å². The maximum Gasteiger partial charge on any atom is 0.417 e. The van der Waals surface area contributed by atoms with E-state index in [1.54, 1.807) is 0 Å². The summed E-state index contributed by atoms with van der Waals surface area (Å²) in [5.41, 5.74) is -1.91. The predicted octanol–water partition coefficient (Wildman–Crippen LogP) is 2.41. The number of hydrogen-bond acceptors (Lipinski definition) is 2. The molecule has 0 aliphatic heterocycles. The number of aliphatic hydroxyl groups is 1. The fourth-order valence-electron chi connectivity index (χ4n) is 1.65. The van der Waals surface area contributed by atoms with Crippen molar-refractivity contribution in [3.05, 3.63) is 35.4 Å². The molecule has 0 spiro atoms. The zero-order chi connectivity index (χ0) is 15.3. The Balaban J connectivity index is 3.12. The van der Waals surface area contributed by atoms with Gasteiger partial charge in [0.15, 0.2) is 0 Å². The molecule has 0 unspecified atom stereocenters. The second-order valence-electron chi connectivity index (χ2n) is 3.91. The largest absolute Gasteiger partial charge is 0.417 e. The molecule has 1 rings (SSSR count). The first-order valence-corrected chi connectivity index (χ1v) is 5.62. The van der Waals surface area contributed by atoms with Gasteiger partial charge in [0.25, 0.3) is 12.3 Å². The molecule has 1 amide bonds. The lowest BCUT2D eigenvalue weighted by atomic mass is 10.1. The zero-order valence-electron chi connectivity index (χ0n) is 10.2. The fraction of sp³-hybridized carbons (Fsp3) is 0.417. The average Bonchev–Trinajstić information content (AvgIpc) is 2.36. The number of amides is 1. The minimum atomic E-state index is -4.76. The third-order valence-corrected chi connectivity index (χ3v) is 2.48. The molecular weight excluding hydrogens is 285 g/mol. The summed E-state index contributed by atoms with van der Waals surface area (Å²) in [5, 5.41) is 8.71. The average molecular weight is 297 g/mol. The summed E-state index contributed by atoms with van der Waals surface area (Å²) in [6, 6.07) is 3.93. The summed E-state index contributed by atoms with van der Waals surface area (Å²) < 4.78 is 62.9. The molecule has 0 saturated heterocycles. The SMILES string of the molecule is O=C(c1ccccc1C(F)(F)F)N(CCO)CC(F)F. The minimum Gasteiger partial charge on any atom is -0.395 e. The minimum absolute atomic E-state index is 0.463. The molecule has 0 saturated carbocycles. The highest BCUT2D eigenvalue weighted by molar-refractivity contribution is 5.96. The maximum absolute atomic E-state index is 12.8. The van der Waals surface area contributed by atoms with Crippen LogP contribution in [0, 0.1) is 0 Å². The van der Waals surface area contributed by atoms with Crippen molar-refractivity contribution in [2.75, 3.05) is 19.7 Å². The van der Waals surface area contributed by atoms with E-state index in [9.17, 15) is 26.7 Å². The van der Waals surface area contributed by atoms with Crippen LogP contribution in [0.25, 0.3) is 0 Å². The molecular formula is C12H12F5NO2. The highest BCUT2D eigenvalue weighted by Crippen LogP contribution is 2.32. The van der Waals surface area contributed by atoms with Crippen molar-refractivity contribution in [2.24, 2.45) is 0 Å². The van der Waals surface area contributed by atoms with E-state index in [-0.39, 0.29) is 0 Å². The summed E-state index contributed by atoms with van der Waals surface area (Å²) in [5.74, 6) is -1.19. The number of rotatable bonds is 5. The Morgan fingerprint density at radius 2 is 1.85 bits per heavy atom. The third kappa shape index (κ3) is 4.16. The summed E-state index contributed by atoms with van der Waals surface area (Å²) >= 11 is 0. The van der Waals surface area contributed by atoms with E-state index < -0.39 is 49.3 Å². The molecule has 0 atom stereocenters. The topological polar surface area (TPSA) is 40.5 Å². The van der Waals surface area contributed by atoms with Gasteiger partial charge in [-0.15, -0.1) is 0 Å². The number of nitrogens with zero attached hydrogens (tertiary/aromatic N) is 1. The number of halogens is 5. The van der Waals surface area contributed by atoms with Crippen molar-refractivity contribution in [1.82, 2.24) is 4.90 Å². The molecule has 0 heterocycles. The Bertz CT molecular complexity index is 461. The Morgan fingerprint density at radius 3 is 2.35 bits per heavy atom. The summed E-state index contributed by atoms with van der Waals surface area (Å²) in [6.45, 7) is -2.12. The summed E-state index contributed by atoms with van der Waals surface area (Å²) in [4.78, 5) is 12.4. The van der Waals surface area contributed by atoms with Gasteiger partial charge in [-0.25, -0.2) is 8.78 Å². The van der Waals surface area contributed by atoms with Crippen molar-refractivity contribution >= 4 is 5.91 Å². The van der Waals surface area contributed by atoms with E-state index in [1.165, 1.54) is 6.07 Å². The van der Waals surface area contributed by atoms with Crippen LogP contribution in [0.5, 0.6) is 0 Å². The number of hydrogen-bond donors (Lipinski definition) is 1. The van der Waals surface area contributed by atoms with Crippen LogP contribution in [0.3, 0.4) is 0 Å². The van der Waals surface area contributed by atoms with Crippen LogP contribution in [0.1, 0.15) is 15.9 Å². The van der Waals surface area contributed by atoms with Gasteiger partial charge in [-0.2, -0.15) is 13.2 Å². The summed E-state index contributed by atoms with van der Waals surface area (Å²) in [7, 11) is 0. The monoisotopic (exact) mass is 297 g/mol. The molecule has 1 N–H and O–H groups in total. The zero-order valence-corrected chi connectivity index (χ0v) is 10.2. The Labute approximate surface area is 111 Å². The van der Waals surface area contributed by atoms with Gasteiger partial charge < -0.3 is 10.0 Å². The Hall–Kier alpha value is -1.70. The van der Waals surface area contributed by atoms with Gasteiger partial charge >= 0.3 is 6.18 Å². The van der Waals surface area contributed by atoms with Crippen LogP contribution >= 0.6 is 0 Å². The number of benzene rings is 1. The van der Waals surface area contributed by atoms with Crippen molar-refractivity contribution in [2.45, 2.75) is 12.6 Å². The maximum atomic E-state index is 12.8. The second-order valence-corrected chi connectivity index (χ2v) is 3.91. The first-order chi connectivity index (χ1) is 9.27. The number of carbonyl (C=O) groups is 1. The first kappa shape index (κ1) is 16.4. The van der Waals surface area contributed by atoms with E-state index in [0.717, 1.165) is 12.1 Å².